The van der Waals surface area contributed by atoms with E-state index in [0.717, 1.165) is 6.92 Å². The molecule has 0 fully saturated rings. The van der Waals surface area contributed by atoms with Crippen LogP contribution >= 0.6 is 12.6 Å². The number of halogens is 13. The molecule has 1 aromatic carbocycles. The second-order valence-corrected chi connectivity index (χ2v) is 10.6. The summed E-state index contributed by atoms with van der Waals surface area (Å²) in [5, 5.41) is 5.45. The summed E-state index contributed by atoms with van der Waals surface area (Å²) < 4.78 is 177. The van der Waals surface area contributed by atoms with E-state index < -0.39 is 103 Å². The molecule has 11 nitrogen and oxygen atoms in total. The number of nitrogens with one attached hydrogen (secondary N) is 3. The maximum absolute atomic E-state index is 14.2. The van der Waals surface area contributed by atoms with E-state index in [4.69, 9.17) is 11.5 Å². The van der Waals surface area contributed by atoms with Gasteiger partial charge in [0.25, 0.3) is 0 Å². The molecule has 0 spiro atoms. The SMILES string of the molecule is C[C@H](NC(=O)[C@@H](N)CS)C(=O)N[C@@H](CC(=O)OC(F)(F)C(F)(F)C(F)(F)C(F)(F)C(F)(F)C(F)(F)F)C(=O)N[C@@H](Cc1ccccc1)C(N)=O. The highest BCUT2D eigenvalue weighted by atomic mass is 32.1. The number of carbonyl (C=O) groups is 5. The van der Waals surface area contributed by atoms with Crippen LogP contribution in [0.1, 0.15) is 18.9 Å². The van der Waals surface area contributed by atoms with Crippen molar-refractivity contribution >= 4 is 42.2 Å². The van der Waals surface area contributed by atoms with Gasteiger partial charge in [-0.15, -0.1) is 0 Å². The van der Waals surface area contributed by atoms with Gasteiger partial charge in [0.2, 0.25) is 23.6 Å². The van der Waals surface area contributed by atoms with E-state index in [1.807, 2.05) is 10.6 Å². The summed E-state index contributed by atoms with van der Waals surface area (Å²) in [5.74, 6) is -41.4. The standard InChI is InChI=1S/C25H26F13N5O6S/c1-10(41-18(47)12(39)9-50)17(46)43-14(19(48)42-13(16(40)45)7-11-5-3-2-4-6-11)8-15(44)49-25(37,38)23(32,33)21(28,29)20(26,27)22(30,31)24(34,35)36/h2-6,10,12-14,50H,7-9,39H2,1H3,(H2,40,45)(H,41,47)(H,42,48)(H,43,46)/t10-,12-,13-,14-/m0/s1. The van der Waals surface area contributed by atoms with Crippen molar-refractivity contribution in [1.82, 2.24) is 16.0 Å². The lowest BCUT2D eigenvalue weighted by molar-refractivity contribution is -0.460. The predicted octanol–water partition coefficient (Wildman–Crippen LogP) is 2.08. The van der Waals surface area contributed by atoms with Crippen molar-refractivity contribution < 1.29 is 85.8 Å². The Balaban J connectivity index is 3.43. The number of benzene rings is 1. The molecule has 284 valence electrons. The second-order valence-electron chi connectivity index (χ2n) is 10.2. The predicted molar refractivity (Wildman–Crippen MR) is 144 cm³/mol. The Labute approximate surface area is 277 Å². The fourth-order valence-corrected chi connectivity index (χ4v) is 3.66. The van der Waals surface area contributed by atoms with Gasteiger partial charge in [-0.05, 0) is 12.5 Å². The van der Waals surface area contributed by atoms with Crippen LogP contribution in [0.15, 0.2) is 30.3 Å². The Bertz CT molecular complexity index is 1400. The van der Waals surface area contributed by atoms with Crippen LogP contribution < -0.4 is 27.4 Å². The van der Waals surface area contributed by atoms with Crippen molar-refractivity contribution in [3.8, 4) is 0 Å². The molecule has 0 aromatic heterocycles. The first-order valence-electron chi connectivity index (χ1n) is 13.3. The Morgan fingerprint density at radius 1 is 0.720 bits per heavy atom. The maximum atomic E-state index is 14.2. The third-order valence-corrected chi connectivity index (χ3v) is 6.77. The number of alkyl halides is 13. The van der Waals surface area contributed by atoms with Gasteiger partial charge in [0.15, 0.2) is 0 Å². The highest BCUT2D eigenvalue weighted by Crippen LogP contribution is 2.60. The van der Waals surface area contributed by atoms with Crippen LogP contribution in [0.2, 0.25) is 0 Å². The van der Waals surface area contributed by atoms with Crippen LogP contribution in [0.4, 0.5) is 57.1 Å². The van der Waals surface area contributed by atoms with Gasteiger partial charge in [-0.2, -0.15) is 69.7 Å². The molecule has 4 amide bonds. The Kier molecular flexibility index (Phi) is 14.0. The van der Waals surface area contributed by atoms with Crippen LogP contribution in [0.25, 0.3) is 0 Å². The van der Waals surface area contributed by atoms with Gasteiger partial charge in [0.1, 0.15) is 18.1 Å². The van der Waals surface area contributed by atoms with E-state index >= 15 is 0 Å². The average Bonchev–Trinajstić information content (AvgIpc) is 2.98. The fraction of sp³-hybridized carbons (Fsp3) is 0.560. The zero-order valence-corrected chi connectivity index (χ0v) is 25.7. The van der Waals surface area contributed by atoms with Gasteiger partial charge in [0, 0.05) is 12.2 Å². The van der Waals surface area contributed by atoms with Crippen molar-refractivity contribution in [2.24, 2.45) is 11.5 Å². The van der Waals surface area contributed by atoms with Gasteiger partial charge >= 0.3 is 41.9 Å². The average molecular weight is 772 g/mol. The van der Waals surface area contributed by atoms with Crippen LogP contribution in [0, 0.1) is 0 Å². The lowest BCUT2D eigenvalue weighted by Crippen LogP contribution is -2.70. The molecule has 0 unspecified atom stereocenters. The molecule has 0 aliphatic heterocycles. The summed E-state index contributed by atoms with van der Waals surface area (Å²) in [6.07, 6.45) is -17.5. The molecule has 25 heteroatoms. The van der Waals surface area contributed by atoms with Gasteiger partial charge in [-0.3, -0.25) is 24.0 Å². The van der Waals surface area contributed by atoms with E-state index in [1.165, 1.54) is 30.3 Å². The number of amides is 4. The third-order valence-electron chi connectivity index (χ3n) is 6.38. The number of primary amides is 1. The number of thiol groups is 1. The zero-order chi connectivity index (χ0) is 39.3. The Morgan fingerprint density at radius 2 is 1.20 bits per heavy atom. The molecule has 1 rings (SSSR count). The maximum Gasteiger partial charge on any atom is 0.473 e. The van der Waals surface area contributed by atoms with Crippen molar-refractivity contribution in [3.05, 3.63) is 35.9 Å². The van der Waals surface area contributed by atoms with E-state index in [0.29, 0.717) is 5.56 Å². The van der Waals surface area contributed by atoms with Crippen molar-refractivity contribution in [1.29, 1.82) is 0 Å². The quantitative estimate of drug-likeness (QED) is 0.0797. The molecule has 0 saturated heterocycles. The molecular formula is C25H26F13N5O6S. The fourth-order valence-electron chi connectivity index (χ4n) is 3.49. The Hall–Kier alpha value is -4.03. The number of hydrogen-bond donors (Lipinski definition) is 6. The molecule has 7 N–H and O–H groups in total. The van der Waals surface area contributed by atoms with Crippen molar-refractivity contribution in [3.63, 3.8) is 0 Å². The number of rotatable bonds is 17. The zero-order valence-electron chi connectivity index (χ0n) is 24.8. The monoisotopic (exact) mass is 771 g/mol. The number of hydrogen-bond acceptors (Lipinski definition) is 8. The van der Waals surface area contributed by atoms with Gasteiger partial charge in [-0.25, -0.2) is 0 Å². The first-order chi connectivity index (χ1) is 22.5. The first-order valence-corrected chi connectivity index (χ1v) is 13.9. The molecule has 0 heterocycles. The molecule has 0 radical (unpaired) electrons. The summed E-state index contributed by atoms with van der Waals surface area (Å²) in [7, 11) is 0. The van der Waals surface area contributed by atoms with Crippen molar-refractivity contribution in [2.45, 2.75) is 79.9 Å². The molecular weight excluding hydrogens is 745 g/mol. The van der Waals surface area contributed by atoms with E-state index in [1.54, 1.807) is 5.32 Å². The molecule has 0 saturated carbocycles. The van der Waals surface area contributed by atoms with E-state index in [-0.39, 0.29) is 5.75 Å². The second kappa shape index (κ2) is 15.9. The first kappa shape index (κ1) is 44.0. The molecule has 1 aromatic rings. The Morgan fingerprint density at radius 3 is 1.66 bits per heavy atom. The van der Waals surface area contributed by atoms with Crippen LogP contribution in [-0.2, 0) is 35.1 Å². The third kappa shape index (κ3) is 9.60. The normalized spacial score (nSPS) is 15.6. The summed E-state index contributed by atoms with van der Waals surface area (Å²) in [5.41, 5.74) is 10.9. The minimum absolute atomic E-state index is 0.273. The smallest absolute Gasteiger partial charge is 0.396 e. The van der Waals surface area contributed by atoms with Crippen molar-refractivity contribution in [2.75, 3.05) is 5.75 Å². The van der Waals surface area contributed by atoms with Gasteiger partial charge in [-0.1, -0.05) is 30.3 Å². The summed E-state index contributed by atoms with van der Waals surface area (Å²) in [6.45, 7) is 0.904. The molecule has 0 aliphatic carbocycles. The summed E-state index contributed by atoms with van der Waals surface area (Å²) >= 11 is 3.73. The minimum atomic E-state index is -8.29. The number of esters is 1. The van der Waals surface area contributed by atoms with E-state index in [9.17, 15) is 81.0 Å². The van der Waals surface area contributed by atoms with Crippen LogP contribution in [0.5, 0.6) is 0 Å². The summed E-state index contributed by atoms with van der Waals surface area (Å²) in [6, 6.07) is -0.179. The molecule has 4 atom stereocenters. The topological polar surface area (TPSA) is 183 Å². The lowest BCUT2D eigenvalue weighted by atomic mass is 9.97. The number of carbonyl (C=O) groups excluding carboxylic acids is 5. The molecule has 0 aliphatic rings. The molecule has 0 bridgehead atoms. The van der Waals surface area contributed by atoms with Crippen LogP contribution in [0.3, 0.4) is 0 Å². The van der Waals surface area contributed by atoms with Gasteiger partial charge in [0.05, 0.1) is 12.5 Å². The molecule has 50 heavy (non-hydrogen) atoms. The van der Waals surface area contributed by atoms with E-state index in [2.05, 4.69) is 17.4 Å². The largest absolute Gasteiger partial charge is 0.473 e. The van der Waals surface area contributed by atoms with Crippen LogP contribution in [-0.4, -0.2) is 95.5 Å². The summed E-state index contributed by atoms with van der Waals surface area (Å²) in [4.78, 5) is 61.7. The van der Waals surface area contributed by atoms with Gasteiger partial charge < -0.3 is 32.2 Å². The minimum Gasteiger partial charge on any atom is -0.396 e. The number of nitrogens with two attached hydrogens (primary N) is 2. The number of ether oxygens (including phenoxy) is 1. The highest BCUT2D eigenvalue weighted by molar-refractivity contribution is 7.80. The lowest BCUT2D eigenvalue weighted by Gasteiger charge is -2.38. The highest BCUT2D eigenvalue weighted by Gasteiger charge is 2.92.